The molecule has 1 rings (SSSR count). The fourth-order valence-electron chi connectivity index (χ4n) is 0.856. The predicted molar refractivity (Wildman–Crippen MR) is 54.8 cm³/mol. The lowest BCUT2D eigenvalue weighted by Gasteiger charge is -1.98. The van der Waals surface area contributed by atoms with Gasteiger partial charge in [-0.15, -0.1) is 0 Å². The molecule has 0 aliphatic heterocycles. The summed E-state index contributed by atoms with van der Waals surface area (Å²) in [6.07, 6.45) is 1.11. The average molecular weight is 226 g/mol. The van der Waals surface area contributed by atoms with E-state index in [-0.39, 0.29) is 11.1 Å². The molecule has 86 valence electrons. The molecule has 0 amide bonds. The fraction of sp³-hybridized carbons (Fsp3) is 0. The number of hydrogen-bond acceptors (Lipinski definition) is 4. The summed E-state index contributed by atoms with van der Waals surface area (Å²) in [6.45, 7) is 0. The second-order valence-electron chi connectivity index (χ2n) is 2.45. The summed E-state index contributed by atoms with van der Waals surface area (Å²) in [4.78, 5) is 20.9. The van der Waals surface area contributed by atoms with E-state index in [0.29, 0.717) is 12.5 Å². The molecule has 16 heavy (non-hydrogen) atoms. The van der Waals surface area contributed by atoms with Crippen molar-refractivity contribution in [2.75, 3.05) is 0 Å². The Bertz CT molecular complexity index is 359. The highest BCUT2D eigenvalue weighted by Crippen LogP contribution is 2.07. The van der Waals surface area contributed by atoms with E-state index >= 15 is 0 Å². The van der Waals surface area contributed by atoms with Crippen LogP contribution in [0.5, 0.6) is 0 Å². The topological polar surface area (TPSA) is 115 Å². The van der Waals surface area contributed by atoms with Crippen molar-refractivity contribution in [1.29, 1.82) is 0 Å². The second kappa shape index (κ2) is 6.88. The molecular formula is C10H10O6. The molecular weight excluding hydrogens is 216 g/mol. The lowest BCUT2D eigenvalue weighted by atomic mass is 10.1. The summed E-state index contributed by atoms with van der Waals surface area (Å²) >= 11 is 0. The van der Waals surface area contributed by atoms with Gasteiger partial charge in [-0.05, 0) is 12.1 Å². The molecule has 0 heterocycles. The van der Waals surface area contributed by atoms with Crippen molar-refractivity contribution >= 4 is 11.9 Å². The molecule has 0 unspecified atom stereocenters. The number of carboxylic acid groups (broad SMARTS) is 2. The first-order valence-corrected chi connectivity index (χ1v) is 4.03. The molecule has 1 aromatic rings. The molecule has 0 atom stereocenters. The summed E-state index contributed by atoms with van der Waals surface area (Å²) in [6, 6.07) is 5.48. The van der Waals surface area contributed by atoms with Crippen LogP contribution in [0.2, 0.25) is 0 Å². The van der Waals surface area contributed by atoms with Gasteiger partial charge in [0.15, 0.2) is 0 Å². The maximum absolute atomic E-state index is 10.5. The minimum atomic E-state index is -1.23. The van der Waals surface area contributed by atoms with Crippen molar-refractivity contribution in [2.24, 2.45) is 0 Å². The molecule has 0 aliphatic carbocycles. The average Bonchev–Trinajstić information content (AvgIpc) is 2.29. The van der Waals surface area contributed by atoms with Crippen LogP contribution < -0.4 is 0 Å². The quantitative estimate of drug-likeness (QED) is 0.570. The highest BCUT2D eigenvalue weighted by Gasteiger charge is 2.13. The van der Waals surface area contributed by atoms with E-state index in [1.165, 1.54) is 24.3 Å². The van der Waals surface area contributed by atoms with E-state index in [4.69, 9.17) is 20.4 Å². The minimum absolute atomic E-state index is 0.190. The Hall–Kier alpha value is -2.50. The Morgan fingerprint density at radius 2 is 1.19 bits per heavy atom. The Kier molecular flexibility index (Phi) is 5.81. The van der Waals surface area contributed by atoms with Crippen molar-refractivity contribution in [1.82, 2.24) is 0 Å². The Morgan fingerprint density at radius 3 is 1.38 bits per heavy atom. The zero-order valence-electron chi connectivity index (χ0n) is 8.07. The number of benzene rings is 1. The number of hydrogen-bond donors (Lipinski definition) is 4. The number of rotatable bonds is 2. The van der Waals surface area contributed by atoms with Gasteiger partial charge in [-0.2, -0.15) is 0 Å². The van der Waals surface area contributed by atoms with Gasteiger partial charge in [-0.3, -0.25) is 0 Å². The Labute approximate surface area is 90.7 Å². The molecule has 6 heteroatoms. The molecule has 6 nitrogen and oxygen atoms in total. The van der Waals surface area contributed by atoms with Gasteiger partial charge in [0.1, 0.15) is 12.5 Å². The van der Waals surface area contributed by atoms with Gasteiger partial charge < -0.3 is 20.4 Å². The zero-order chi connectivity index (χ0) is 12.6. The smallest absolute Gasteiger partial charge is 0.336 e. The van der Waals surface area contributed by atoms with E-state index in [9.17, 15) is 9.59 Å². The number of aliphatic hydroxyl groups is 2. The molecule has 0 radical (unpaired) electrons. The number of aliphatic hydroxyl groups excluding tert-OH is 2. The third-order valence-electron chi connectivity index (χ3n) is 1.45. The van der Waals surface area contributed by atoms with Gasteiger partial charge in [-0.25, -0.2) is 9.59 Å². The first-order chi connectivity index (χ1) is 7.54. The molecule has 0 fully saturated rings. The normalized spacial score (nSPS) is 9.25. The minimum Gasteiger partial charge on any atom is -0.512 e. The van der Waals surface area contributed by atoms with Crippen LogP contribution >= 0.6 is 0 Å². The third-order valence-corrected chi connectivity index (χ3v) is 1.45. The summed E-state index contributed by atoms with van der Waals surface area (Å²) in [5.41, 5.74) is -0.380. The Morgan fingerprint density at radius 1 is 0.875 bits per heavy atom. The number of carboxylic acids is 2. The van der Waals surface area contributed by atoms with Crippen molar-refractivity contribution in [3.8, 4) is 0 Å². The highest BCUT2D eigenvalue weighted by molar-refractivity contribution is 6.01. The molecule has 0 bridgehead atoms. The maximum Gasteiger partial charge on any atom is 0.336 e. The summed E-state index contributed by atoms with van der Waals surface area (Å²) in [5.74, 6) is -2.46. The van der Waals surface area contributed by atoms with Gasteiger partial charge in [0.05, 0.1) is 11.1 Å². The van der Waals surface area contributed by atoms with Crippen molar-refractivity contribution < 1.29 is 30.0 Å². The molecule has 1 aromatic carbocycles. The van der Waals surface area contributed by atoms with Crippen LogP contribution in [0.25, 0.3) is 0 Å². The molecule has 4 N–H and O–H groups in total. The predicted octanol–water partition coefficient (Wildman–Crippen LogP) is 1.66. The molecule has 0 saturated carbocycles. The standard InChI is InChI=1S/C8H6O4.C2H4O2/c9-7(10)5-3-1-2-4-6(5)8(11)12;3-1-2-4/h1-4H,(H,9,10)(H,11,12);1-4H. The van der Waals surface area contributed by atoms with Crippen molar-refractivity contribution in [3.05, 3.63) is 47.9 Å². The molecule has 0 saturated heterocycles. The van der Waals surface area contributed by atoms with Gasteiger partial charge in [-0.1, -0.05) is 12.1 Å². The van der Waals surface area contributed by atoms with Gasteiger partial charge >= 0.3 is 11.9 Å². The fourth-order valence-corrected chi connectivity index (χ4v) is 0.856. The largest absolute Gasteiger partial charge is 0.512 e. The second-order valence-corrected chi connectivity index (χ2v) is 2.45. The van der Waals surface area contributed by atoms with Crippen LogP contribution in [-0.2, 0) is 0 Å². The first kappa shape index (κ1) is 13.5. The van der Waals surface area contributed by atoms with E-state index in [1.807, 2.05) is 0 Å². The highest BCUT2D eigenvalue weighted by atomic mass is 16.4. The number of aromatic carboxylic acids is 2. The van der Waals surface area contributed by atoms with Crippen molar-refractivity contribution in [3.63, 3.8) is 0 Å². The van der Waals surface area contributed by atoms with E-state index in [0.717, 1.165) is 0 Å². The van der Waals surface area contributed by atoms with Crippen LogP contribution in [0.1, 0.15) is 20.7 Å². The summed E-state index contributed by atoms with van der Waals surface area (Å²) in [7, 11) is 0. The van der Waals surface area contributed by atoms with Gasteiger partial charge in [0.25, 0.3) is 0 Å². The van der Waals surface area contributed by atoms with Gasteiger partial charge in [0, 0.05) is 0 Å². The first-order valence-electron chi connectivity index (χ1n) is 4.03. The van der Waals surface area contributed by atoms with Crippen molar-refractivity contribution in [2.45, 2.75) is 0 Å². The van der Waals surface area contributed by atoms with E-state index in [1.54, 1.807) is 0 Å². The SMILES string of the molecule is O=C(O)c1ccccc1C(=O)O.OC=CO. The van der Waals surface area contributed by atoms with E-state index < -0.39 is 11.9 Å². The monoisotopic (exact) mass is 226 g/mol. The van der Waals surface area contributed by atoms with Crippen LogP contribution in [0.15, 0.2) is 36.8 Å². The van der Waals surface area contributed by atoms with Crippen LogP contribution in [0.4, 0.5) is 0 Å². The lowest BCUT2D eigenvalue weighted by Crippen LogP contribution is -2.06. The zero-order valence-corrected chi connectivity index (χ0v) is 8.07. The molecule has 0 aromatic heterocycles. The van der Waals surface area contributed by atoms with Crippen LogP contribution in [0.3, 0.4) is 0 Å². The molecule has 0 spiro atoms. The Balaban J connectivity index is 0.000000487. The van der Waals surface area contributed by atoms with Gasteiger partial charge in [0.2, 0.25) is 0 Å². The summed E-state index contributed by atoms with van der Waals surface area (Å²) in [5, 5.41) is 32.0. The van der Waals surface area contributed by atoms with Crippen LogP contribution in [-0.4, -0.2) is 32.4 Å². The van der Waals surface area contributed by atoms with Crippen LogP contribution in [0, 0.1) is 0 Å². The number of carbonyl (C=O) groups is 2. The lowest BCUT2D eigenvalue weighted by molar-refractivity contribution is 0.0651. The van der Waals surface area contributed by atoms with E-state index in [2.05, 4.69) is 0 Å². The maximum atomic E-state index is 10.5. The summed E-state index contributed by atoms with van der Waals surface area (Å²) < 4.78 is 0. The molecule has 0 aliphatic rings. The third kappa shape index (κ3) is 4.14.